The zero-order chi connectivity index (χ0) is 22.0. The van der Waals surface area contributed by atoms with Crippen molar-refractivity contribution in [2.45, 2.75) is 19.3 Å². The van der Waals surface area contributed by atoms with Crippen LogP contribution in [0.2, 0.25) is 0 Å². The number of ketones is 2. The lowest BCUT2D eigenvalue weighted by atomic mass is 9.71. The molecule has 1 unspecified atom stereocenters. The van der Waals surface area contributed by atoms with E-state index < -0.39 is 0 Å². The van der Waals surface area contributed by atoms with Gasteiger partial charge < -0.3 is 0 Å². The number of Topliss-reactive ketones (excluding diaryl/α,β-unsaturated/α-hetero) is 1. The molecule has 154 valence electrons. The van der Waals surface area contributed by atoms with E-state index in [1.807, 2.05) is 42.5 Å². The van der Waals surface area contributed by atoms with Crippen LogP contribution in [0.3, 0.4) is 0 Å². The number of hydrogen-bond donors (Lipinski definition) is 0. The van der Waals surface area contributed by atoms with Gasteiger partial charge in [-0.15, -0.1) is 0 Å². The monoisotopic (exact) mass is 422 g/mol. The third-order valence-corrected chi connectivity index (χ3v) is 7.95. The maximum atomic E-state index is 13.6. The molecule has 0 radical (unpaired) electrons. The molecule has 33 heavy (non-hydrogen) atoms. The Kier molecular flexibility index (Phi) is 3.00. The smallest absolute Gasteiger partial charge is 0.194 e. The van der Waals surface area contributed by atoms with E-state index in [2.05, 4.69) is 37.3 Å². The number of carbonyl (C=O) groups excluding carboxylic acids is 2. The molecule has 0 aromatic heterocycles. The third kappa shape index (κ3) is 1.92. The van der Waals surface area contributed by atoms with Crippen LogP contribution < -0.4 is 5.22 Å². The van der Waals surface area contributed by atoms with E-state index in [4.69, 9.17) is 0 Å². The summed E-state index contributed by atoms with van der Waals surface area (Å²) in [5, 5.41) is 5.58. The van der Waals surface area contributed by atoms with Crippen LogP contribution in [0, 0.1) is 0 Å². The molecule has 2 heteroatoms. The van der Waals surface area contributed by atoms with Gasteiger partial charge in [0.1, 0.15) is 0 Å². The molecule has 0 spiro atoms. The summed E-state index contributed by atoms with van der Waals surface area (Å²) >= 11 is 0. The normalized spacial score (nSPS) is 17.5. The second-order valence-electron chi connectivity index (χ2n) is 9.61. The molecule has 5 aromatic carbocycles. The Balaban J connectivity index is 1.67. The zero-order valence-corrected chi connectivity index (χ0v) is 18.0. The molecule has 5 aromatic rings. The molecule has 2 nitrogen and oxygen atoms in total. The van der Waals surface area contributed by atoms with E-state index in [1.54, 1.807) is 0 Å². The van der Waals surface area contributed by atoms with Crippen molar-refractivity contribution in [2.24, 2.45) is 0 Å². The molecule has 0 saturated heterocycles. The standard InChI is InChI=1S/C31H18O2/c1-15-12-25-28-23(17-6-2-5-9-20(17)31(25)33)13-16-10-11-21-27-24(14-22(15)29(28)26(16)27)18-7-3-4-8-19(18)30(21)32/h2-11,13-15H,12H2,1H3. The zero-order valence-electron chi connectivity index (χ0n) is 18.0. The van der Waals surface area contributed by atoms with Gasteiger partial charge >= 0.3 is 0 Å². The van der Waals surface area contributed by atoms with Gasteiger partial charge in [0.25, 0.3) is 0 Å². The van der Waals surface area contributed by atoms with Crippen LogP contribution in [-0.2, 0) is 0 Å². The fraction of sp³-hybridized carbons (Fsp3) is 0.0968. The number of rotatable bonds is 0. The topological polar surface area (TPSA) is 34.1 Å². The minimum Gasteiger partial charge on any atom is -0.289 e. The van der Waals surface area contributed by atoms with Crippen molar-refractivity contribution in [3.63, 3.8) is 0 Å². The van der Waals surface area contributed by atoms with Gasteiger partial charge in [0.15, 0.2) is 11.6 Å². The van der Waals surface area contributed by atoms with E-state index in [0.717, 1.165) is 72.3 Å². The summed E-state index contributed by atoms with van der Waals surface area (Å²) in [5.41, 5.74) is 8.88. The Labute approximate surface area is 190 Å². The number of benzene rings is 5. The minimum atomic E-state index is 0.0857. The molecule has 0 saturated carbocycles. The second-order valence-corrected chi connectivity index (χ2v) is 9.61. The predicted molar refractivity (Wildman–Crippen MR) is 132 cm³/mol. The van der Waals surface area contributed by atoms with E-state index in [-0.39, 0.29) is 17.5 Å². The largest absolute Gasteiger partial charge is 0.289 e. The summed E-state index contributed by atoms with van der Waals surface area (Å²) in [4.78, 5) is 27.1. The van der Waals surface area contributed by atoms with Gasteiger partial charge in [0.05, 0.1) is 0 Å². The summed E-state index contributed by atoms with van der Waals surface area (Å²) < 4.78 is 0. The van der Waals surface area contributed by atoms with Gasteiger partial charge in [-0.25, -0.2) is 0 Å². The van der Waals surface area contributed by atoms with Gasteiger partial charge in [0, 0.05) is 27.6 Å². The summed E-state index contributed by atoms with van der Waals surface area (Å²) in [6.45, 7) is 2.23. The van der Waals surface area contributed by atoms with Crippen LogP contribution in [-0.4, -0.2) is 11.6 Å². The Bertz CT molecular complexity index is 1840. The lowest BCUT2D eigenvalue weighted by molar-refractivity contribution is 0.103. The maximum Gasteiger partial charge on any atom is 0.194 e. The number of hydrogen-bond acceptors (Lipinski definition) is 2. The van der Waals surface area contributed by atoms with Crippen molar-refractivity contribution in [1.82, 2.24) is 0 Å². The highest BCUT2D eigenvalue weighted by atomic mass is 16.1. The molecule has 0 amide bonds. The highest BCUT2D eigenvalue weighted by Gasteiger charge is 2.34. The summed E-state index contributed by atoms with van der Waals surface area (Å²) in [6, 6.07) is 24.6. The Morgan fingerprint density at radius 2 is 1.27 bits per heavy atom. The van der Waals surface area contributed by atoms with E-state index >= 15 is 0 Å². The van der Waals surface area contributed by atoms with Crippen molar-refractivity contribution in [2.75, 3.05) is 0 Å². The highest BCUT2D eigenvalue weighted by Crippen LogP contribution is 2.48. The van der Waals surface area contributed by atoms with Crippen molar-refractivity contribution in [3.05, 3.63) is 100 Å². The maximum absolute atomic E-state index is 13.6. The average molecular weight is 422 g/mol. The van der Waals surface area contributed by atoms with Crippen molar-refractivity contribution >= 4 is 38.7 Å². The van der Waals surface area contributed by atoms with Crippen LogP contribution in [0.15, 0.2) is 72.8 Å². The van der Waals surface area contributed by atoms with E-state index in [9.17, 15) is 9.59 Å². The minimum absolute atomic E-state index is 0.0857. The Hall–Kier alpha value is -4.04. The average Bonchev–Trinajstić information content (AvgIpc) is 2.85. The Morgan fingerprint density at radius 3 is 2.03 bits per heavy atom. The first kappa shape index (κ1) is 17.5. The molecule has 0 bridgehead atoms. The summed E-state index contributed by atoms with van der Waals surface area (Å²) in [7, 11) is 0. The number of carbonyl (C=O) groups is 2. The summed E-state index contributed by atoms with van der Waals surface area (Å²) in [6.07, 6.45) is 0.743. The predicted octanol–water partition coefficient (Wildman–Crippen LogP) is 6.44. The first-order valence-corrected chi connectivity index (χ1v) is 11.5. The third-order valence-electron chi connectivity index (χ3n) is 7.95. The second kappa shape index (κ2) is 5.65. The van der Waals surface area contributed by atoms with Gasteiger partial charge in [-0.3, -0.25) is 9.59 Å². The quantitative estimate of drug-likeness (QED) is 0.282. The van der Waals surface area contributed by atoms with Crippen LogP contribution in [0.1, 0.15) is 51.1 Å². The van der Waals surface area contributed by atoms with Crippen LogP contribution in [0.5, 0.6) is 0 Å². The van der Waals surface area contributed by atoms with Gasteiger partial charge in [0.2, 0.25) is 0 Å². The van der Waals surface area contributed by atoms with E-state index in [1.165, 1.54) is 10.9 Å². The molecule has 0 fully saturated rings. The first-order valence-electron chi connectivity index (χ1n) is 11.5. The Morgan fingerprint density at radius 1 is 0.606 bits per heavy atom. The van der Waals surface area contributed by atoms with Gasteiger partial charge in [-0.2, -0.15) is 0 Å². The SMILES string of the molecule is CC1CC2=c3c(cc4ccc5c6c(cc1c3c46)-c1ccccc1C5=O)-c1ccccc1C2=O. The molecule has 0 heterocycles. The lowest BCUT2D eigenvalue weighted by Crippen LogP contribution is -2.28. The molecular weight excluding hydrogens is 404 g/mol. The highest BCUT2D eigenvalue weighted by molar-refractivity contribution is 6.35. The first-order chi connectivity index (χ1) is 16.1. The molecule has 1 atom stereocenters. The van der Waals surface area contributed by atoms with Crippen LogP contribution in [0.4, 0.5) is 0 Å². The van der Waals surface area contributed by atoms with E-state index in [0.29, 0.717) is 0 Å². The number of fused-ring (bicyclic) bond motifs is 4. The molecule has 0 aliphatic heterocycles. The fourth-order valence-electron chi connectivity index (χ4n) is 6.54. The van der Waals surface area contributed by atoms with Crippen LogP contribution in [0.25, 0.3) is 49.4 Å². The van der Waals surface area contributed by atoms with Gasteiger partial charge in [-0.1, -0.05) is 61.5 Å². The van der Waals surface area contributed by atoms with Crippen molar-refractivity contribution in [3.8, 4) is 22.3 Å². The van der Waals surface area contributed by atoms with Crippen LogP contribution >= 0.6 is 0 Å². The van der Waals surface area contributed by atoms with Gasteiger partial charge in [-0.05, 0) is 79.7 Å². The van der Waals surface area contributed by atoms with Crippen molar-refractivity contribution < 1.29 is 9.59 Å². The molecule has 3 aliphatic rings. The fourth-order valence-corrected chi connectivity index (χ4v) is 6.54. The lowest BCUT2D eigenvalue weighted by Gasteiger charge is -2.31. The summed E-state index contributed by atoms with van der Waals surface area (Å²) in [5.74, 6) is 0.470. The molecular formula is C31H18O2. The van der Waals surface area contributed by atoms with Crippen molar-refractivity contribution in [1.29, 1.82) is 0 Å². The molecule has 0 N–H and O–H groups in total. The molecule has 3 aliphatic carbocycles. The molecule has 8 rings (SSSR count).